The Kier molecular flexibility index (Phi) is 5.30. The molecule has 2 nitrogen and oxygen atoms in total. The van der Waals surface area contributed by atoms with E-state index >= 15 is 0 Å². The fraction of sp³-hybridized carbons (Fsp3) is 0.200. The fourth-order valence-corrected chi connectivity index (χ4v) is 2.97. The molecule has 0 saturated heterocycles. The normalized spacial score (nSPS) is 14.1. The van der Waals surface area contributed by atoms with Crippen molar-refractivity contribution >= 4 is 34.8 Å². The first-order chi connectivity index (χ1) is 9.54. The van der Waals surface area contributed by atoms with Gasteiger partial charge in [-0.2, -0.15) is 0 Å². The van der Waals surface area contributed by atoms with Crippen molar-refractivity contribution in [1.82, 2.24) is 0 Å². The molecular formula is C15H14Cl3NO. The lowest BCUT2D eigenvalue weighted by Crippen LogP contribution is -2.21. The zero-order chi connectivity index (χ0) is 14.7. The first-order valence-corrected chi connectivity index (χ1v) is 7.25. The van der Waals surface area contributed by atoms with Crippen LogP contribution in [-0.4, -0.2) is 11.7 Å². The van der Waals surface area contributed by atoms with Crippen LogP contribution in [0.4, 0.5) is 0 Å². The van der Waals surface area contributed by atoms with E-state index in [-0.39, 0.29) is 12.5 Å². The summed E-state index contributed by atoms with van der Waals surface area (Å²) in [6.07, 6.45) is -0.797. The van der Waals surface area contributed by atoms with Gasteiger partial charge in [0.15, 0.2) is 0 Å². The van der Waals surface area contributed by atoms with Gasteiger partial charge < -0.3 is 10.8 Å². The SMILES string of the molecule is NCC(c1c(Cl)cccc1Cl)C(O)c1ccc(Cl)cc1. The molecule has 0 aromatic heterocycles. The summed E-state index contributed by atoms with van der Waals surface area (Å²) >= 11 is 18.2. The fourth-order valence-electron chi connectivity index (χ4n) is 2.16. The molecule has 106 valence electrons. The van der Waals surface area contributed by atoms with Gasteiger partial charge in [0, 0.05) is 27.5 Å². The number of benzene rings is 2. The number of aliphatic hydroxyl groups excluding tert-OH is 1. The van der Waals surface area contributed by atoms with Crippen molar-refractivity contribution in [3.8, 4) is 0 Å². The van der Waals surface area contributed by atoms with Crippen LogP contribution in [0.5, 0.6) is 0 Å². The molecule has 0 heterocycles. The predicted molar refractivity (Wildman–Crippen MR) is 84.7 cm³/mol. The number of halogens is 3. The quantitative estimate of drug-likeness (QED) is 0.871. The lowest BCUT2D eigenvalue weighted by Gasteiger charge is -2.24. The highest BCUT2D eigenvalue weighted by molar-refractivity contribution is 6.36. The first-order valence-electron chi connectivity index (χ1n) is 6.12. The van der Waals surface area contributed by atoms with Crippen molar-refractivity contribution in [3.63, 3.8) is 0 Å². The Morgan fingerprint density at radius 3 is 2.00 bits per heavy atom. The van der Waals surface area contributed by atoms with Crippen molar-refractivity contribution < 1.29 is 5.11 Å². The van der Waals surface area contributed by atoms with Gasteiger partial charge in [-0.15, -0.1) is 0 Å². The van der Waals surface area contributed by atoms with Gasteiger partial charge in [-0.3, -0.25) is 0 Å². The molecule has 0 bridgehead atoms. The van der Waals surface area contributed by atoms with E-state index in [0.717, 1.165) is 5.56 Å². The van der Waals surface area contributed by atoms with Gasteiger partial charge >= 0.3 is 0 Å². The number of hydrogen-bond acceptors (Lipinski definition) is 2. The minimum atomic E-state index is -0.797. The molecule has 2 unspecified atom stereocenters. The van der Waals surface area contributed by atoms with Crippen LogP contribution in [0.2, 0.25) is 15.1 Å². The molecule has 0 aliphatic heterocycles. The van der Waals surface area contributed by atoms with Gasteiger partial charge in [0.1, 0.15) is 0 Å². The maximum atomic E-state index is 10.5. The Morgan fingerprint density at radius 2 is 1.50 bits per heavy atom. The van der Waals surface area contributed by atoms with Crippen LogP contribution in [0, 0.1) is 0 Å². The zero-order valence-electron chi connectivity index (χ0n) is 10.6. The van der Waals surface area contributed by atoms with Gasteiger partial charge in [0.2, 0.25) is 0 Å². The molecule has 0 radical (unpaired) electrons. The predicted octanol–water partition coefficient (Wildman–Crippen LogP) is 4.42. The topological polar surface area (TPSA) is 46.2 Å². The van der Waals surface area contributed by atoms with Gasteiger partial charge in [-0.25, -0.2) is 0 Å². The molecule has 2 atom stereocenters. The highest BCUT2D eigenvalue weighted by Crippen LogP contribution is 2.38. The minimum Gasteiger partial charge on any atom is -0.388 e. The number of nitrogens with two attached hydrogens (primary N) is 1. The van der Waals surface area contributed by atoms with E-state index in [1.165, 1.54) is 0 Å². The number of aliphatic hydroxyl groups is 1. The van der Waals surface area contributed by atoms with Gasteiger partial charge in [0.05, 0.1) is 6.10 Å². The summed E-state index contributed by atoms with van der Waals surface area (Å²) in [7, 11) is 0. The van der Waals surface area contributed by atoms with Crippen molar-refractivity contribution in [2.45, 2.75) is 12.0 Å². The van der Waals surface area contributed by atoms with Crippen molar-refractivity contribution in [3.05, 3.63) is 68.7 Å². The van der Waals surface area contributed by atoms with E-state index in [9.17, 15) is 5.11 Å². The lowest BCUT2D eigenvalue weighted by molar-refractivity contribution is 0.147. The van der Waals surface area contributed by atoms with Gasteiger partial charge in [0.25, 0.3) is 0 Å². The van der Waals surface area contributed by atoms with E-state index in [0.29, 0.717) is 20.6 Å². The van der Waals surface area contributed by atoms with E-state index in [4.69, 9.17) is 40.5 Å². The second kappa shape index (κ2) is 6.79. The van der Waals surface area contributed by atoms with Crippen LogP contribution in [0.15, 0.2) is 42.5 Å². The summed E-state index contributed by atoms with van der Waals surface area (Å²) in [5.41, 5.74) is 7.20. The largest absolute Gasteiger partial charge is 0.388 e. The smallest absolute Gasteiger partial charge is 0.0871 e. The summed E-state index contributed by atoms with van der Waals surface area (Å²) in [6.45, 7) is 0.229. The molecule has 5 heteroatoms. The van der Waals surface area contributed by atoms with E-state index in [1.54, 1.807) is 42.5 Å². The van der Waals surface area contributed by atoms with Gasteiger partial charge in [-0.1, -0.05) is 53.0 Å². The third-order valence-corrected chi connectivity index (χ3v) is 4.13. The van der Waals surface area contributed by atoms with Crippen molar-refractivity contribution in [1.29, 1.82) is 0 Å². The highest BCUT2D eigenvalue weighted by Gasteiger charge is 2.25. The molecule has 0 aliphatic rings. The Bertz CT molecular complexity index is 566. The summed E-state index contributed by atoms with van der Waals surface area (Å²) in [5, 5.41) is 12.1. The van der Waals surface area contributed by atoms with E-state index in [1.807, 2.05) is 0 Å². The molecule has 3 N–H and O–H groups in total. The molecule has 0 amide bonds. The lowest BCUT2D eigenvalue weighted by atomic mass is 9.89. The van der Waals surface area contributed by atoms with Crippen molar-refractivity contribution in [2.24, 2.45) is 5.73 Å². The molecule has 2 aromatic carbocycles. The standard InChI is InChI=1S/C15H14Cl3NO/c16-10-6-4-9(5-7-10)15(20)11(8-19)14-12(17)2-1-3-13(14)18/h1-7,11,15,20H,8,19H2. The second-order valence-electron chi connectivity index (χ2n) is 4.47. The maximum Gasteiger partial charge on any atom is 0.0871 e. The molecule has 0 fully saturated rings. The average molecular weight is 331 g/mol. The van der Waals surface area contributed by atoms with Gasteiger partial charge in [-0.05, 0) is 35.4 Å². The zero-order valence-corrected chi connectivity index (χ0v) is 12.8. The Hall–Kier alpha value is -0.770. The van der Waals surface area contributed by atoms with E-state index in [2.05, 4.69) is 0 Å². The average Bonchev–Trinajstić information content (AvgIpc) is 2.43. The van der Waals surface area contributed by atoms with Crippen molar-refractivity contribution in [2.75, 3.05) is 6.54 Å². The summed E-state index contributed by atoms with van der Waals surface area (Å²) in [4.78, 5) is 0. The monoisotopic (exact) mass is 329 g/mol. The molecule has 0 spiro atoms. The molecular weight excluding hydrogens is 317 g/mol. The summed E-state index contributed by atoms with van der Waals surface area (Å²) in [6, 6.07) is 12.2. The van der Waals surface area contributed by atoms with Crippen LogP contribution >= 0.6 is 34.8 Å². The molecule has 2 rings (SSSR count). The van der Waals surface area contributed by atoms with Crippen LogP contribution in [0.25, 0.3) is 0 Å². The Labute approximate surface area is 133 Å². The summed E-state index contributed by atoms with van der Waals surface area (Å²) in [5.74, 6) is -0.377. The third-order valence-electron chi connectivity index (χ3n) is 3.22. The minimum absolute atomic E-state index is 0.229. The number of rotatable bonds is 4. The third kappa shape index (κ3) is 3.27. The highest BCUT2D eigenvalue weighted by atomic mass is 35.5. The second-order valence-corrected chi connectivity index (χ2v) is 5.72. The van der Waals surface area contributed by atoms with Crippen LogP contribution < -0.4 is 5.73 Å². The maximum absolute atomic E-state index is 10.5. The van der Waals surface area contributed by atoms with Crippen LogP contribution in [0.1, 0.15) is 23.1 Å². The van der Waals surface area contributed by atoms with Crippen LogP contribution in [-0.2, 0) is 0 Å². The first kappa shape index (κ1) is 15.6. The molecule has 0 saturated carbocycles. The Balaban J connectivity index is 2.39. The summed E-state index contributed by atoms with van der Waals surface area (Å²) < 4.78 is 0. The molecule has 0 aliphatic carbocycles. The van der Waals surface area contributed by atoms with E-state index < -0.39 is 6.10 Å². The number of hydrogen-bond donors (Lipinski definition) is 2. The molecule has 2 aromatic rings. The van der Waals surface area contributed by atoms with Crippen LogP contribution in [0.3, 0.4) is 0 Å². The Morgan fingerprint density at radius 1 is 0.950 bits per heavy atom. The molecule has 20 heavy (non-hydrogen) atoms.